The first-order valence-electron chi connectivity index (χ1n) is 17.5. The molecule has 0 bridgehead atoms. The molecule has 2 aromatic heterocycles. The molecule has 1 aliphatic rings. The van der Waals surface area contributed by atoms with Crippen LogP contribution in [0, 0.1) is 50.4 Å². The summed E-state index contributed by atoms with van der Waals surface area (Å²) in [6.07, 6.45) is 4.84. The predicted molar refractivity (Wildman–Crippen MR) is 215 cm³/mol. The Morgan fingerprint density at radius 2 is 1.08 bits per heavy atom. The van der Waals surface area contributed by atoms with Gasteiger partial charge in [0.1, 0.15) is 17.7 Å². The number of thiophene rings is 1. The van der Waals surface area contributed by atoms with Gasteiger partial charge >= 0.3 is 0 Å². The molecule has 0 radical (unpaired) electrons. The molecule has 8 rings (SSSR count). The van der Waals surface area contributed by atoms with Crippen molar-refractivity contribution in [1.29, 1.82) is 10.5 Å². The lowest BCUT2D eigenvalue weighted by Crippen LogP contribution is -2.28. The molecule has 0 atom stereocenters. The van der Waals surface area contributed by atoms with Crippen LogP contribution in [0.1, 0.15) is 50.1 Å². The lowest BCUT2D eigenvalue weighted by atomic mass is 9.67. The molecule has 0 aliphatic heterocycles. The van der Waals surface area contributed by atoms with Gasteiger partial charge in [-0.25, -0.2) is 9.97 Å². The third-order valence-corrected chi connectivity index (χ3v) is 11.2. The summed E-state index contributed by atoms with van der Waals surface area (Å²) < 4.78 is 0. The lowest BCUT2D eigenvalue weighted by molar-refractivity contribution is 0.769. The van der Waals surface area contributed by atoms with Gasteiger partial charge in [-0.2, -0.15) is 10.5 Å². The minimum Gasteiger partial charge on any atom is -0.310 e. The number of anilines is 3. The smallest absolute Gasteiger partial charge is 0.169 e. The summed E-state index contributed by atoms with van der Waals surface area (Å²) >= 11 is 1.70. The van der Waals surface area contributed by atoms with Crippen molar-refractivity contribution >= 4 is 34.5 Å². The number of aromatic nitrogens is 2. The molecule has 0 N–H and O–H groups in total. The van der Waals surface area contributed by atoms with Crippen LogP contribution in [0.2, 0.25) is 0 Å². The Balaban J connectivity index is 1.38. The number of hydrogen-bond donors (Lipinski definition) is 0. The number of benzene rings is 5. The maximum atomic E-state index is 9.23. The van der Waals surface area contributed by atoms with Gasteiger partial charge in [0.05, 0.1) is 10.3 Å². The fourth-order valence-corrected chi connectivity index (χ4v) is 8.53. The van der Waals surface area contributed by atoms with Crippen LogP contribution in [0.3, 0.4) is 0 Å². The number of nitriles is 2. The number of hydrogen-bond acceptors (Lipinski definition) is 6. The largest absolute Gasteiger partial charge is 0.310 e. The van der Waals surface area contributed by atoms with E-state index in [1.54, 1.807) is 23.7 Å². The summed E-state index contributed by atoms with van der Waals surface area (Å²) in [5.74, 6) is 0.599. The van der Waals surface area contributed by atoms with Gasteiger partial charge in [0, 0.05) is 39.9 Å². The van der Waals surface area contributed by atoms with E-state index >= 15 is 0 Å². The van der Waals surface area contributed by atoms with Gasteiger partial charge < -0.3 is 4.90 Å². The third kappa shape index (κ3) is 5.90. The second-order valence-corrected chi connectivity index (χ2v) is 14.7. The highest BCUT2D eigenvalue weighted by molar-refractivity contribution is 7.19. The van der Waals surface area contributed by atoms with Gasteiger partial charge in [-0.05, 0) is 104 Å². The molecule has 2 heterocycles. The first kappa shape index (κ1) is 33.5. The highest BCUT2D eigenvalue weighted by Crippen LogP contribution is 2.60. The van der Waals surface area contributed by atoms with Crippen LogP contribution in [0.4, 0.5) is 17.1 Å². The summed E-state index contributed by atoms with van der Waals surface area (Å²) in [6, 6.07) is 48.4. The van der Waals surface area contributed by atoms with Gasteiger partial charge in [-0.3, -0.25) is 0 Å². The number of allylic oxidation sites excluding steroid dienone is 1. The first-order chi connectivity index (χ1) is 25.8. The van der Waals surface area contributed by atoms with Crippen LogP contribution >= 0.6 is 11.3 Å². The van der Waals surface area contributed by atoms with E-state index in [2.05, 4.69) is 154 Å². The number of nitrogens with zero attached hydrogens (tertiary/aromatic N) is 5. The lowest BCUT2D eigenvalue weighted by Gasteiger charge is -2.34. The van der Waals surface area contributed by atoms with Crippen LogP contribution in [0.25, 0.3) is 27.2 Å². The van der Waals surface area contributed by atoms with Gasteiger partial charge in [0.25, 0.3) is 0 Å². The van der Waals surface area contributed by atoms with Crippen molar-refractivity contribution in [2.75, 3.05) is 4.90 Å². The molecule has 0 spiro atoms. The Bertz CT molecular complexity index is 2480. The van der Waals surface area contributed by atoms with Gasteiger partial charge in [-0.15, -0.1) is 11.3 Å². The normalized spacial score (nSPS) is 12.3. The number of aryl methyl sites for hydroxylation is 4. The highest BCUT2D eigenvalue weighted by atomic mass is 32.1. The standard InChI is InChI=1S/C47H35N5S/c1-30-5-13-36(14-6-30)47(37-15-7-31(2)8-16-37)42-24-40(52(38-17-9-32(3)10-18-38)39-19-11-33(4)12-20-39)21-22-41(42)45-43(47)25-44(53-45)46-50-28-35(29-51-46)23-34(26-48)27-49/h5-25,28-29H,1-4H3. The van der Waals surface area contributed by atoms with Crippen LogP contribution in [0.15, 0.2) is 139 Å². The Morgan fingerprint density at radius 3 is 1.57 bits per heavy atom. The Hall–Kier alpha value is -6.60. The van der Waals surface area contributed by atoms with E-state index in [1.807, 2.05) is 12.1 Å². The predicted octanol–water partition coefficient (Wildman–Crippen LogP) is 11.7. The molecule has 1 aliphatic carbocycles. The van der Waals surface area contributed by atoms with Crippen molar-refractivity contribution in [3.8, 4) is 33.3 Å². The van der Waals surface area contributed by atoms with Crippen LogP contribution in [-0.2, 0) is 5.41 Å². The summed E-state index contributed by atoms with van der Waals surface area (Å²) in [6.45, 7) is 8.50. The van der Waals surface area contributed by atoms with E-state index in [-0.39, 0.29) is 5.57 Å². The second-order valence-electron chi connectivity index (χ2n) is 13.7. The molecule has 5 nitrogen and oxygen atoms in total. The quantitative estimate of drug-likeness (QED) is 0.155. The minimum atomic E-state index is -0.625. The van der Waals surface area contributed by atoms with E-state index in [0.29, 0.717) is 11.4 Å². The molecule has 0 amide bonds. The minimum absolute atomic E-state index is 0.0109. The molecule has 254 valence electrons. The summed E-state index contributed by atoms with van der Waals surface area (Å²) in [5.41, 5.74) is 14.1. The average molecular weight is 702 g/mol. The first-order valence-corrected chi connectivity index (χ1v) is 18.3. The van der Waals surface area contributed by atoms with Crippen molar-refractivity contribution < 1.29 is 0 Å². The number of fused-ring (bicyclic) bond motifs is 3. The molecule has 7 aromatic rings. The van der Waals surface area contributed by atoms with Crippen LogP contribution in [-0.4, -0.2) is 9.97 Å². The topological polar surface area (TPSA) is 76.6 Å². The average Bonchev–Trinajstić information content (AvgIpc) is 3.73. The van der Waals surface area contributed by atoms with E-state index in [0.717, 1.165) is 21.9 Å². The van der Waals surface area contributed by atoms with E-state index in [9.17, 15) is 10.5 Å². The van der Waals surface area contributed by atoms with Gasteiger partial charge in [0.15, 0.2) is 5.82 Å². The molecule has 5 aromatic carbocycles. The summed E-state index contributed by atoms with van der Waals surface area (Å²) in [4.78, 5) is 13.9. The van der Waals surface area contributed by atoms with Crippen molar-refractivity contribution in [1.82, 2.24) is 9.97 Å². The van der Waals surface area contributed by atoms with E-state index in [1.165, 1.54) is 61.0 Å². The highest BCUT2D eigenvalue weighted by Gasteiger charge is 2.48. The Kier molecular flexibility index (Phi) is 8.55. The second kappa shape index (κ2) is 13.5. The van der Waals surface area contributed by atoms with Gasteiger partial charge in [-0.1, -0.05) is 101 Å². The van der Waals surface area contributed by atoms with Crippen LogP contribution in [0.5, 0.6) is 0 Å². The van der Waals surface area contributed by atoms with E-state index < -0.39 is 5.41 Å². The molecule has 0 saturated carbocycles. The fraction of sp³-hybridized carbons (Fsp3) is 0.106. The van der Waals surface area contributed by atoms with Gasteiger partial charge in [0.2, 0.25) is 0 Å². The zero-order chi connectivity index (χ0) is 36.7. The molecular weight excluding hydrogens is 667 g/mol. The molecule has 53 heavy (non-hydrogen) atoms. The van der Waals surface area contributed by atoms with Crippen molar-refractivity contribution in [3.05, 3.63) is 189 Å². The Morgan fingerprint density at radius 1 is 0.604 bits per heavy atom. The van der Waals surface area contributed by atoms with Crippen molar-refractivity contribution in [3.63, 3.8) is 0 Å². The van der Waals surface area contributed by atoms with Crippen molar-refractivity contribution in [2.45, 2.75) is 33.1 Å². The monoisotopic (exact) mass is 701 g/mol. The fourth-order valence-electron chi connectivity index (χ4n) is 7.33. The maximum absolute atomic E-state index is 9.23. The van der Waals surface area contributed by atoms with Crippen molar-refractivity contribution in [2.24, 2.45) is 0 Å². The zero-order valence-electron chi connectivity index (χ0n) is 29.9. The zero-order valence-corrected chi connectivity index (χ0v) is 30.7. The molecule has 0 fully saturated rings. The molecule has 0 unspecified atom stereocenters. The molecule has 6 heteroatoms. The maximum Gasteiger partial charge on any atom is 0.169 e. The summed E-state index contributed by atoms with van der Waals surface area (Å²) in [5, 5.41) is 18.5. The van der Waals surface area contributed by atoms with E-state index in [4.69, 9.17) is 9.97 Å². The number of rotatable bonds is 7. The third-order valence-electron chi connectivity index (χ3n) is 10.0. The molecule has 0 saturated heterocycles. The SMILES string of the molecule is Cc1ccc(N(c2ccc(C)cc2)c2ccc3c(c2)C(c2ccc(C)cc2)(c2ccc(C)cc2)c2cc(-c4ncc(C=C(C#N)C#N)cn4)sc2-3)cc1. The summed E-state index contributed by atoms with van der Waals surface area (Å²) in [7, 11) is 0. The molecular formula is C47H35N5S. The van der Waals surface area contributed by atoms with Crippen LogP contribution < -0.4 is 4.90 Å². The Labute approximate surface area is 314 Å².